The second-order valence-corrected chi connectivity index (χ2v) is 6.87. The van der Waals surface area contributed by atoms with Crippen LogP contribution in [0.1, 0.15) is 24.1 Å². The monoisotopic (exact) mass is 294 g/mol. The Morgan fingerprint density at radius 2 is 2.05 bits per heavy atom. The molecule has 0 unspecified atom stereocenters. The number of sulfonamides is 1. The van der Waals surface area contributed by atoms with Crippen molar-refractivity contribution in [3.05, 3.63) is 23.4 Å². The van der Waals surface area contributed by atoms with E-state index in [4.69, 9.17) is 5.26 Å². The fourth-order valence-electron chi connectivity index (χ4n) is 2.38. The standard InChI is InChI=1S/C13H18N4O2S/c1-10-3-4-11(9-14)13(15-10)17-7-5-12(6-8-17)16-20(2,18)19/h3-4,12,16H,5-8H2,1-2H3. The molecule has 1 fully saturated rings. The molecule has 0 atom stereocenters. The van der Waals surface area contributed by atoms with Gasteiger partial charge < -0.3 is 4.90 Å². The van der Waals surface area contributed by atoms with Crippen LogP contribution in [0, 0.1) is 18.3 Å². The number of nitrogens with one attached hydrogen (secondary N) is 1. The summed E-state index contributed by atoms with van der Waals surface area (Å²) in [5.74, 6) is 0.699. The molecule has 0 amide bonds. The summed E-state index contributed by atoms with van der Waals surface area (Å²) in [6, 6.07) is 5.72. The lowest BCUT2D eigenvalue weighted by molar-refractivity contribution is 0.459. The quantitative estimate of drug-likeness (QED) is 0.890. The van der Waals surface area contributed by atoms with E-state index in [0.29, 0.717) is 37.3 Å². The molecular formula is C13H18N4O2S. The molecule has 20 heavy (non-hydrogen) atoms. The molecular weight excluding hydrogens is 276 g/mol. The Labute approximate surface area is 119 Å². The fraction of sp³-hybridized carbons (Fsp3) is 0.538. The molecule has 2 heterocycles. The van der Waals surface area contributed by atoms with E-state index in [1.54, 1.807) is 6.07 Å². The van der Waals surface area contributed by atoms with Crippen molar-refractivity contribution in [2.45, 2.75) is 25.8 Å². The first-order valence-corrected chi connectivity index (χ1v) is 8.38. The summed E-state index contributed by atoms with van der Waals surface area (Å²) in [6.07, 6.45) is 2.61. The maximum atomic E-state index is 11.2. The first-order chi connectivity index (χ1) is 9.39. The van der Waals surface area contributed by atoms with Gasteiger partial charge in [-0.25, -0.2) is 18.1 Å². The highest BCUT2D eigenvalue weighted by Gasteiger charge is 2.23. The molecule has 7 heteroatoms. The predicted octanol–water partition coefficient (Wildman–Crippen LogP) is 0.780. The van der Waals surface area contributed by atoms with Crippen molar-refractivity contribution >= 4 is 15.8 Å². The second kappa shape index (κ2) is 5.77. The largest absolute Gasteiger partial charge is 0.355 e. The minimum Gasteiger partial charge on any atom is -0.355 e. The minimum atomic E-state index is -3.16. The number of nitriles is 1. The lowest BCUT2D eigenvalue weighted by Gasteiger charge is -2.33. The number of nitrogens with zero attached hydrogens (tertiary/aromatic N) is 3. The van der Waals surface area contributed by atoms with Crippen LogP contribution in [0.3, 0.4) is 0 Å². The average molecular weight is 294 g/mol. The molecule has 0 saturated carbocycles. The number of rotatable bonds is 3. The predicted molar refractivity (Wildman–Crippen MR) is 76.9 cm³/mol. The smallest absolute Gasteiger partial charge is 0.208 e. The summed E-state index contributed by atoms with van der Waals surface area (Å²) in [7, 11) is -3.16. The first-order valence-electron chi connectivity index (χ1n) is 6.49. The number of pyridine rings is 1. The highest BCUT2D eigenvalue weighted by molar-refractivity contribution is 7.88. The average Bonchev–Trinajstić information content (AvgIpc) is 2.38. The zero-order valence-electron chi connectivity index (χ0n) is 11.6. The van der Waals surface area contributed by atoms with E-state index in [-0.39, 0.29) is 6.04 Å². The number of aromatic nitrogens is 1. The van der Waals surface area contributed by atoms with Crippen LogP contribution in [-0.2, 0) is 10.0 Å². The zero-order valence-corrected chi connectivity index (χ0v) is 12.4. The Balaban J connectivity index is 2.08. The van der Waals surface area contributed by atoms with Crippen molar-refractivity contribution in [1.82, 2.24) is 9.71 Å². The van der Waals surface area contributed by atoms with Gasteiger partial charge in [-0.05, 0) is 31.9 Å². The summed E-state index contributed by atoms with van der Waals surface area (Å²) in [4.78, 5) is 6.48. The Kier molecular flexibility index (Phi) is 4.26. The molecule has 108 valence electrons. The van der Waals surface area contributed by atoms with Crippen LogP contribution in [0.15, 0.2) is 12.1 Å². The van der Waals surface area contributed by atoms with Crippen molar-refractivity contribution in [3.8, 4) is 6.07 Å². The number of piperidine rings is 1. The highest BCUT2D eigenvalue weighted by Crippen LogP contribution is 2.22. The van der Waals surface area contributed by atoms with Gasteiger partial charge in [0.1, 0.15) is 11.9 Å². The fourth-order valence-corrected chi connectivity index (χ4v) is 3.22. The van der Waals surface area contributed by atoms with E-state index in [1.165, 1.54) is 6.26 Å². The molecule has 1 aliphatic rings. The minimum absolute atomic E-state index is 0.0309. The lowest BCUT2D eigenvalue weighted by Crippen LogP contribution is -2.44. The van der Waals surface area contributed by atoms with Gasteiger partial charge in [0.05, 0.1) is 11.8 Å². The third kappa shape index (κ3) is 3.68. The van der Waals surface area contributed by atoms with Crippen molar-refractivity contribution in [3.63, 3.8) is 0 Å². The Morgan fingerprint density at radius 1 is 1.40 bits per heavy atom. The third-order valence-corrected chi connectivity index (χ3v) is 4.07. The van der Waals surface area contributed by atoms with Gasteiger partial charge in [0.15, 0.2) is 0 Å². The number of aryl methyl sites for hydroxylation is 1. The molecule has 1 N–H and O–H groups in total. The Morgan fingerprint density at radius 3 is 2.60 bits per heavy atom. The molecule has 0 bridgehead atoms. The molecule has 1 aromatic rings. The van der Waals surface area contributed by atoms with Crippen molar-refractivity contribution < 1.29 is 8.42 Å². The molecule has 2 rings (SSSR count). The van der Waals surface area contributed by atoms with Crippen LogP contribution >= 0.6 is 0 Å². The molecule has 0 radical (unpaired) electrons. The maximum absolute atomic E-state index is 11.2. The zero-order chi connectivity index (χ0) is 14.8. The van der Waals surface area contributed by atoms with Crippen molar-refractivity contribution in [2.75, 3.05) is 24.2 Å². The molecule has 0 spiro atoms. The van der Waals surface area contributed by atoms with Gasteiger partial charge in [0.2, 0.25) is 10.0 Å². The second-order valence-electron chi connectivity index (χ2n) is 5.09. The van der Waals surface area contributed by atoms with E-state index < -0.39 is 10.0 Å². The Bertz CT molecular complexity index is 628. The van der Waals surface area contributed by atoms with Crippen LogP contribution in [0.25, 0.3) is 0 Å². The third-order valence-electron chi connectivity index (χ3n) is 3.31. The molecule has 0 aromatic carbocycles. The topological polar surface area (TPSA) is 86.1 Å². The summed E-state index contributed by atoms with van der Waals surface area (Å²) < 4.78 is 25.1. The van der Waals surface area contributed by atoms with Crippen LogP contribution in [0.4, 0.5) is 5.82 Å². The highest BCUT2D eigenvalue weighted by atomic mass is 32.2. The van der Waals surface area contributed by atoms with E-state index >= 15 is 0 Å². The van der Waals surface area contributed by atoms with Gasteiger partial charge in [-0.3, -0.25) is 0 Å². The maximum Gasteiger partial charge on any atom is 0.208 e. The van der Waals surface area contributed by atoms with E-state index in [9.17, 15) is 8.42 Å². The lowest BCUT2D eigenvalue weighted by atomic mass is 10.1. The summed E-state index contributed by atoms with van der Waals surface area (Å²) in [5, 5.41) is 9.14. The number of hydrogen-bond acceptors (Lipinski definition) is 5. The molecule has 1 aliphatic heterocycles. The van der Waals surface area contributed by atoms with Gasteiger partial charge >= 0.3 is 0 Å². The first kappa shape index (κ1) is 14.8. The van der Waals surface area contributed by atoms with Gasteiger partial charge in [0.25, 0.3) is 0 Å². The summed E-state index contributed by atoms with van der Waals surface area (Å²) in [6.45, 7) is 3.28. The van der Waals surface area contributed by atoms with E-state index in [2.05, 4.69) is 15.8 Å². The molecule has 1 saturated heterocycles. The van der Waals surface area contributed by atoms with Gasteiger partial charge in [-0.15, -0.1) is 0 Å². The van der Waals surface area contributed by atoms with Crippen molar-refractivity contribution in [1.29, 1.82) is 5.26 Å². The Hall–Kier alpha value is -1.65. The van der Waals surface area contributed by atoms with Gasteiger partial charge in [-0.2, -0.15) is 5.26 Å². The van der Waals surface area contributed by atoms with Gasteiger partial charge in [0, 0.05) is 24.8 Å². The number of hydrogen-bond donors (Lipinski definition) is 1. The SMILES string of the molecule is Cc1ccc(C#N)c(N2CCC(NS(C)(=O)=O)CC2)n1. The van der Waals surface area contributed by atoms with Crippen LogP contribution in [-0.4, -0.2) is 38.8 Å². The normalized spacial score (nSPS) is 16.9. The van der Waals surface area contributed by atoms with Crippen LogP contribution < -0.4 is 9.62 Å². The molecule has 1 aromatic heterocycles. The van der Waals surface area contributed by atoms with Crippen LogP contribution in [0.2, 0.25) is 0 Å². The van der Waals surface area contributed by atoms with Gasteiger partial charge in [-0.1, -0.05) is 0 Å². The van der Waals surface area contributed by atoms with Crippen molar-refractivity contribution in [2.24, 2.45) is 0 Å². The van der Waals surface area contributed by atoms with E-state index in [0.717, 1.165) is 5.69 Å². The summed E-state index contributed by atoms with van der Waals surface area (Å²) >= 11 is 0. The molecule has 0 aliphatic carbocycles. The number of anilines is 1. The van der Waals surface area contributed by atoms with E-state index in [1.807, 2.05) is 17.9 Å². The summed E-state index contributed by atoms with van der Waals surface area (Å²) in [5.41, 5.74) is 1.43. The van der Waals surface area contributed by atoms with Crippen LogP contribution in [0.5, 0.6) is 0 Å². The molecule has 6 nitrogen and oxygen atoms in total.